The van der Waals surface area contributed by atoms with Crippen molar-refractivity contribution in [1.29, 1.82) is 0 Å². The first-order valence-corrected chi connectivity index (χ1v) is 10.9. The molecule has 4 rings (SSSR count). The number of carbonyl (C=O) groups excluding carboxylic acids is 1. The van der Waals surface area contributed by atoms with Crippen LogP contribution < -0.4 is 4.74 Å². The molecular formula is C20H20Cl2N4O2S. The van der Waals surface area contributed by atoms with Gasteiger partial charge in [-0.3, -0.25) is 14.1 Å². The van der Waals surface area contributed by atoms with Crippen LogP contribution in [0.2, 0.25) is 10.2 Å². The number of rotatable bonds is 6. The van der Waals surface area contributed by atoms with Crippen molar-refractivity contribution in [2.45, 2.75) is 0 Å². The third kappa shape index (κ3) is 4.75. The van der Waals surface area contributed by atoms with E-state index in [0.29, 0.717) is 35.6 Å². The van der Waals surface area contributed by atoms with E-state index in [9.17, 15) is 4.79 Å². The number of hydrogen-bond acceptors (Lipinski definition) is 5. The highest BCUT2D eigenvalue weighted by Crippen LogP contribution is 2.23. The minimum Gasteiger partial charge on any atom is -0.491 e. The van der Waals surface area contributed by atoms with E-state index in [2.05, 4.69) is 9.88 Å². The Morgan fingerprint density at radius 3 is 2.79 bits per heavy atom. The van der Waals surface area contributed by atoms with Crippen LogP contribution >= 0.6 is 34.5 Å². The molecule has 0 unspecified atom stereocenters. The summed E-state index contributed by atoms with van der Waals surface area (Å²) in [7, 11) is 0. The van der Waals surface area contributed by atoms with Crippen molar-refractivity contribution in [2.24, 2.45) is 0 Å². The maximum atomic E-state index is 12.5. The summed E-state index contributed by atoms with van der Waals surface area (Å²) >= 11 is 13.8. The summed E-state index contributed by atoms with van der Waals surface area (Å²) in [4.78, 5) is 21.8. The summed E-state index contributed by atoms with van der Waals surface area (Å²) in [5.74, 6) is 0.685. The Kier molecular flexibility index (Phi) is 6.40. The van der Waals surface area contributed by atoms with Crippen molar-refractivity contribution in [3.8, 4) is 5.75 Å². The van der Waals surface area contributed by atoms with Crippen LogP contribution in [0.25, 0.3) is 11.0 Å². The van der Waals surface area contributed by atoms with Crippen LogP contribution in [0.5, 0.6) is 5.75 Å². The van der Waals surface area contributed by atoms with E-state index < -0.39 is 0 Å². The van der Waals surface area contributed by atoms with Crippen LogP contribution in [0.3, 0.4) is 0 Å². The van der Waals surface area contributed by atoms with Crippen molar-refractivity contribution >= 4 is 51.5 Å². The van der Waals surface area contributed by atoms with Crippen molar-refractivity contribution in [1.82, 2.24) is 19.2 Å². The third-order valence-electron chi connectivity index (χ3n) is 4.82. The van der Waals surface area contributed by atoms with Crippen molar-refractivity contribution in [2.75, 3.05) is 39.3 Å². The van der Waals surface area contributed by atoms with Crippen molar-refractivity contribution < 1.29 is 9.53 Å². The molecule has 6 nitrogen and oxygen atoms in total. The average molecular weight is 451 g/mol. The SMILES string of the molecule is O=C(/C=C/c1c(Cl)nc2sccn12)N1CCN(CCOc2ccccc2Cl)CC1. The molecular weight excluding hydrogens is 431 g/mol. The van der Waals surface area contributed by atoms with Gasteiger partial charge in [-0.05, 0) is 18.2 Å². The molecule has 1 fully saturated rings. The number of carbonyl (C=O) groups is 1. The molecule has 1 aliphatic heterocycles. The predicted molar refractivity (Wildman–Crippen MR) is 117 cm³/mol. The van der Waals surface area contributed by atoms with Gasteiger partial charge in [0.05, 0.1) is 10.7 Å². The third-order valence-corrected chi connectivity index (χ3v) is 6.17. The first-order chi connectivity index (χ1) is 14.1. The molecule has 0 bridgehead atoms. The standard InChI is InChI=1S/C20H20Cl2N4O2S/c21-15-3-1-2-4-17(15)28-13-11-24-7-9-25(10-8-24)18(27)6-5-16-19(22)23-20-26(16)12-14-29-20/h1-6,12,14H,7-11,13H2/b6-5+. The molecule has 0 spiro atoms. The van der Waals surface area contributed by atoms with Gasteiger partial charge in [0, 0.05) is 50.4 Å². The molecule has 0 saturated carbocycles. The fourth-order valence-electron chi connectivity index (χ4n) is 3.22. The second kappa shape index (κ2) is 9.17. The van der Waals surface area contributed by atoms with Gasteiger partial charge in [0.15, 0.2) is 10.1 Å². The number of piperazine rings is 1. The Bertz CT molecular complexity index is 1020. The van der Waals surface area contributed by atoms with E-state index in [4.69, 9.17) is 27.9 Å². The number of halogens is 2. The number of aromatic nitrogens is 2. The first kappa shape index (κ1) is 20.2. The molecule has 3 heterocycles. The molecule has 1 aromatic carbocycles. The molecule has 0 aliphatic carbocycles. The minimum absolute atomic E-state index is 0.0155. The quantitative estimate of drug-likeness (QED) is 0.533. The Morgan fingerprint density at radius 1 is 1.21 bits per heavy atom. The molecule has 1 saturated heterocycles. The monoisotopic (exact) mass is 450 g/mol. The Morgan fingerprint density at radius 2 is 2.00 bits per heavy atom. The van der Waals surface area contributed by atoms with Crippen molar-refractivity contribution in [3.63, 3.8) is 0 Å². The van der Waals surface area contributed by atoms with Gasteiger partial charge in [0.1, 0.15) is 12.4 Å². The second-order valence-electron chi connectivity index (χ2n) is 6.62. The van der Waals surface area contributed by atoms with Gasteiger partial charge >= 0.3 is 0 Å². The predicted octanol–water partition coefficient (Wildman–Crippen LogP) is 3.94. The van der Waals surface area contributed by atoms with Gasteiger partial charge in [-0.25, -0.2) is 4.98 Å². The number of benzene rings is 1. The van der Waals surface area contributed by atoms with Crippen LogP contribution in [0, 0.1) is 0 Å². The van der Waals surface area contributed by atoms with Gasteiger partial charge in [-0.1, -0.05) is 35.3 Å². The average Bonchev–Trinajstić information content (AvgIpc) is 3.29. The topological polar surface area (TPSA) is 50.1 Å². The smallest absolute Gasteiger partial charge is 0.246 e. The lowest BCUT2D eigenvalue weighted by Gasteiger charge is -2.34. The van der Waals surface area contributed by atoms with E-state index in [1.54, 1.807) is 12.2 Å². The van der Waals surface area contributed by atoms with Crippen molar-refractivity contribution in [3.05, 3.63) is 57.8 Å². The number of hydrogen-bond donors (Lipinski definition) is 0. The number of amides is 1. The lowest BCUT2D eigenvalue weighted by molar-refractivity contribution is -0.127. The molecule has 152 valence electrons. The first-order valence-electron chi connectivity index (χ1n) is 9.29. The van der Waals surface area contributed by atoms with Gasteiger partial charge < -0.3 is 9.64 Å². The lowest BCUT2D eigenvalue weighted by Crippen LogP contribution is -2.49. The van der Waals surface area contributed by atoms with E-state index in [-0.39, 0.29) is 5.91 Å². The van der Waals surface area contributed by atoms with E-state index in [1.165, 1.54) is 11.3 Å². The summed E-state index contributed by atoms with van der Waals surface area (Å²) in [6.07, 6.45) is 5.21. The van der Waals surface area contributed by atoms with Crippen LogP contribution in [-0.4, -0.2) is 64.4 Å². The number of nitrogens with zero attached hydrogens (tertiary/aromatic N) is 4. The second-order valence-corrected chi connectivity index (χ2v) is 8.26. The van der Waals surface area contributed by atoms with E-state index >= 15 is 0 Å². The van der Waals surface area contributed by atoms with Gasteiger partial charge in [-0.15, -0.1) is 11.3 Å². The van der Waals surface area contributed by atoms with Crippen LogP contribution in [0.4, 0.5) is 0 Å². The number of imidazole rings is 1. The number of thiazole rings is 1. The number of fused-ring (bicyclic) bond motifs is 1. The molecule has 1 aliphatic rings. The lowest BCUT2D eigenvalue weighted by atomic mass is 10.3. The highest BCUT2D eigenvalue weighted by Gasteiger charge is 2.20. The molecule has 0 N–H and O–H groups in total. The summed E-state index contributed by atoms with van der Waals surface area (Å²) in [5.41, 5.74) is 0.728. The molecule has 2 aromatic heterocycles. The molecule has 0 radical (unpaired) electrons. The Hall–Kier alpha value is -2.06. The zero-order chi connectivity index (χ0) is 20.2. The highest BCUT2D eigenvalue weighted by atomic mass is 35.5. The fraction of sp³-hybridized carbons (Fsp3) is 0.300. The minimum atomic E-state index is -0.0155. The van der Waals surface area contributed by atoms with Gasteiger partial charge in [0.2, 0.25) is 5.91 Å². The fourth-order valence-corrected chi connectivity index (χ4v) is 4.42. The molecule has 29 heavy (non-hydrogen) atoms. The Labute approximate surface area is 182 Å². The molecule has 9 heteroatoms. The number of para-hydroxylation sites is 1. The normalized spacial score (nSPS) is 15.4. The van der Waals surface area contributed by atoms with Gasteiger partial charge in [-0.2, -0.15) is 0 Å². The zero-order valence-electron chi connectivity index (χ0n) is 15.6. The largest absolute Gasteiger partial charge is 0.491 e. The summed E-state index contributed by atoms with van der Waals surface area (Å²) in [5, 5.41) is 2.96. The van der Waals surface area contributed by atoms with E-state index in [0.717, 1.165) is 30.3 Å². The van der Waals surface area contributed by atoms with Crippen LogP contribution in [0.1, 0.15) is 5.69 Å². The molecule has 3 aromatic rings. The molecule has 1 amide bonds. The summed E-state index contributed by atoms with van der Waals surface area (Å²) in [6, 6.07) is 7.46. The summed E-state index contributed by atoms with van der Waals surface area (Å²) < 4.78 is 7.63. The number of ether oxygens (including phenoxy) is 1. The van der Waals surface area contributed by atoms with Gasteiger partial charge in [0.25, 0.3) is 0 Å². The van der Waals surface area contributed by atoms with Crippen LogP contribution in [0.15, 0.2) is 41.9 Å². The van der Waals surface area contributed by atoms with E-state index in [1.807, 2.05) is 45.1 Å². The zero-order valence-corrected chi connectivity index (χ0v) is 18.0. The summed E-state index contributed by atoms with van der Waals surface area (Å²) in [6.45, 7) is 4.35. The maximum Gasteiger partial charge on any atom is 0.246 e. The maximum absolute atomic E-state index is 12.5. The Balaban J connectivity index is 1.25. The molecule has 0 atom stereocenters. The van der Waals surface area contributed by atoms with Crippen LogP contribution in [-0.2, 0) is 4.79 Å². The highest BCUT2D eigenvalue weighted by molar-refractivity contribution is 7.15.